The van der Waals surface area contributed by atoms with Gasteiger partial charge in [-0.05, 0) is 126 Å². The zero-order valence-electron chi connectivity index (χ0n) is 27.1. The van der Waals surface area contributed by atoms with Crippen molar-refractivity contribution in [2.24, 2.45) is 5.92 Å². The van der Waals surface area contributed by atoms with Crippen LogP contribution in [0, 0.1) is 23.4 Å². The summed E-state index contributed by atoms with van der Waals surface area (Å²) in [7, 11) is 1.93. The number of benzene rings is 2. The molecule has 5 rings (SSSR count). The van der Waals surface area contributed by atoms with E-state index in [4.69, 9.17) is 9.72 Å². The Kier molecular flexibility index (Phi) is 10.7. The fraction of sp³-hybridized carbons (Fsp3) is 0.556. The average molecular weight is 642 g/mol. The lowest BCUT2D eigenvalue weighted by molar-refractivity contribution is -0.151. The lowest BCUT2D eigenvalue weighted by Crippen LogP contribution is -2.42. The molecule has 1 saturated heterocycles. The topological polar surface area (TPSA) is 45.7 Å². The number of rotatable bonds is 10. The normalized spacial score (nSPS) is 21.5. The predicted molar refractivity (Wildman–Crippen MR) is 173 cm³/mol. The van der Waals surface area contributed by atoms with Crippen LogP contribution in [0.2, 0.25) is 0 Å². The number of likely N-dealkylation sites (N-methyl/N-ethyl adjacent to an activating group) is 1. The van der Waals surface area contributed by atoms with Gasteiger partial charge >= 0.3 is 5.97 Å². The second-order valence-corrected chi connectivity index (χ2v) is 14.9. The molecule has 2 heterocycles. The van der Waals surface area contributed by atoms with Gasteiger partial charge in [-0.1, -0.05) is 25.1 Å². The van der Waals surface area contributed by atoms with Crippen LogP contribution in [-0.2, 0) is 22.4 Å². The predicted octanol–water partition coefficient (Wildman–Crippen LogP) is 7.73. The second kappa shape index (κ2) is 14.3. The number of carbonyl (C=O) groups excluding carboxylic acids is 1. The third kappa shape index (κ3) is 8.54. The Bertz CT molecular complexity index is 1460. The summed E-state index contributed by atoms with van der Waals surface area (Å²) in [6.07, 6.45) is 4.68. The summed E-state index contributed by atoms with van der Waals surface area (Å²) in [5.74, 6) is -1.30. The van der Waals surface area contributed by atoms with Crippen molar-refractivity contribution >= 4 is 17.3 Å². The van der Waals surface area contributed by atoms with E-state index in [9.17, 15) is 18.0 Å². The van der Waals surface area contributed by atoms with Crippen LogP contribution in [-0.4, -0.2) is 65.6 Å². The van der Waals surface area contributed by atoms with E-state index < -0.39 is 11.6 Å². The summed E-state index contributed by atoms with van der Waals surface area (Å²) in [6.45, 7) is 11.4. The molecule has 2 fully saturated rings. The van der Waals surface area contributed by atoms with E-state index in [1.807, 2.05) is 18.0 Å². The van der Waals surface area contributed by atoms with E-state index in [1.54, 1.807) is 29.5 Å². The molecule has 5 nitrogen and oxygen atoms in total. The molecule has 0 amide bonds. The Balaban J connectivity index is 1.21. The highest BCUT2D eigenvalue weighted by molar-refractivity contribution is 7.11. The Morgan fingerprint density at radius 2 is 1.82 bits per heavy atom. The van der Waals surface area contributed by atoms with Gasteiger partial charge in [-0.2, -0.15) is 0 Å². The molecule has 0 spiro atoms. The van der Waals surface area contributed by atoms with Gasteiger partial charge in [0.1, 0.15) is 11.9 Å². The van der Waals surface area contributed by atoms with Crippen molar-refractivity contribution in [2.75, 3.05) is 33.2 Å². The number of hydrogen-bond donors (Lipinski definition) is 0. The van der Waals surface area contributed by atoms with Gasteiger partial charge in [-0.15, -0.1) is 11.3 Å². The molecule has 0 radical (unpaired) electrons. The Morgan fingerprint density at radius 1 is 1.07 bits per heavy atom. The van der Waals surface area contributed by atoms with Crippen LogP contribution in [0.3, 0.4) is 0 Å². The summed E-state index contributed by atoms with van der Waals surface area (Å²) in [5, 5.41) is 0.938. The summed E-state index contributed by atoms with van der Waals surface area (Å²) in [5.41, 5.74) is 2.68. The van der Waals surface area contributed by atoms with Crippen molar-refractivity contribution < 1.29 is 22.7 Å². The highest BCUT2D eigenvalue weighted by Crippen LogP contribution is 2.43. The average Bonchev–Trinajstić information content (AvgIpc) is 3.58. The number of piperidine rings is 1. The van der Waals surface area contributed by atoms with E-state index in [1.165, 1.54) is 23.1 Å². The summed E-state index contributed by atoms with van der Waals surface area (Å²) >= 11 is 1.71. The first-order valence-corrected chi connectivity index (χ1v) is 17.0. The van der Waals surface area contributed by atoms with Crippen LogP contribution in [0.4, 0.5) is 13.2 Å². The molecule has 45 heavy (non-hydrogen) atoms. The molecule has 9 heteroatoms. The molecule has 3 atom stereocenters. The number of esters is 1. The van der Waals surface area contributed by atoms with Crippen LogP contribution in [0.1, 0.15) is 91.9 Å². The quantitative estimate of drug-likeness (QED) is 0.212. The SMILES string of the molecule is CCc1nc(Cc2ccc(F)c(F)c2)sc1C1CCN(C[C@H]2C[C@H](OC(=O)CN(C)C(C)(C)C)C[C@@H]2c2cccc(F)c2)CC1. The third-order valence-corrected chi connectivity index (χ3v) is 10.9. The van der Waals surface area contributed by atoms with E-state index >= 15 is 0 Å². The van der Waals surface area contributed by atoms with Crippen LogP contribution in [0.15, 0.2) is 42.5 Å². The van der Waals surface area contributed by atoms with Crippen LogP contribution >= 0.6 is 11.3 Å². The largest absolute Gasteiger partial charge is 0.461 e. The van der Waals surface area contributed by atoms with Crippen LogP contribution in [0.25, 0.3) is 0 Å². The van der Waals surface area contributed by atoms with Crippen molar-refractivity contribution in [2.45, 2.75) is 89.7 Å². The number of aromatic nitrogens is 1. The number of likely N-dealkylation sites (tertiary alicyclic amines) is 1. The minimum absolute atomic E-state index is 0.128. The molecule has 2 aromatic carbocycles. The number of thiazole rings is 1. The standard InChI is InChI=1S/C36H46F3N3O2S/c1-6-32-35(45-33(40-32)17-23-10-11-30(38)31(39)16-23)24-12-14-42(15-13-24)21-26-19-28(44-34(43)22-41(5)36(2,3)4)20-29(26)25-8-7-9-27(37)18-25/h7-11,16,18,24,26,28-29H,6,12-15,17,19-22H2,1-5H3/t26-,28+,29-/m1/s1. The van der Waals surface area contributed by atoms with E-state index in [0.29, 0.717) is 18.8 Å². The maximum absolute atomic E-state index is 14.3. The van der Waals surface area contributed by atoms with Gasteiger partial charge < -0.3 is 9.64 Å². The zero-order valence-corrected chi connectivity index (χ0v) is 27.9. The third-order valence-electron chi connectivity index (χ3n) is 9.64. The Hall–Kier alpha value is -2.75. The smallest absolute Gasteiger partial charge is 0.320 e. The molecule has 1 aromatic heterocycles. The first-order valence-electron chi connectivity index (χ1n) is 16.2. The lowest BCUT2D eigenvalue weighted by Gasteiger charge is -2.34. The van der Waals surface area contributed by atoms with E-state index in [0.717, 1.165) is 67.1 Å². The van der Waals surface area contributed by atoms with Gasteiger partial charge in [0.2, 0.25) is 0 Å². The van der Waals surface area contributed by atoms with Crippen molar-refractivity contribution in [3.05, 3.63) is 86.6 Å². The van der Waals surface area contributed by atoms with Gasteiger partial charge in [-0.3, -0.25) is 9.69 Å². The van der Waals surface area contributed by atoms with Crippen molar-refractivity contribution in [3.63, 3.8) is 0 Å². The number of carbonyl (C=O) groups is 1. The van der Waals surface area contributed by atoms with Crippen molar-refractivity contribution in [1.29, 1.82) is 0 Å². The second-order valence-electron chi connectivity index (χ2n) is 13.8. The maximum atomic E-state index is 14.3. The molecule has 3 aromatic rings. The summed E-state index contributed by atoms with van der Waals surface area (Å²) < 4.78 is 47.4. The highest BCUT2D eigenvalue weighted by atomic mass is 32.1. The first-order chi connectivity index (χ1) is 21.4. The minimum atomic E-state index is -0.833. The summed E-state index contributed by atoms with van der Waals surface area (Å²) in [6, 6.07) is 10.9. The van der Waals surface area contributed by atoms with Crippen molar-refractivity contribution in [1.82, 2.24) is 14.8 Å². The Labute approximate surface area is 269 Å². The monoisotopic (exact) mass is 641 g/mol. The van der Waals surface area contributed by atoms with Crippen LogP contribution in [0.5, 0.6) is 0 Å². The number of hydrogen-bond acceptors (Lipinski definition) is 6. The van der Waals surface area contributed by atoms with Gasteiger partial charge in [0.05, 0.1) is 17.2 Å². The molecule has 1 aliphatic heterocycles. The van der Waals surface area contributed by atoms with Gasteiger partial charge in [-0.25, -0.2) is 18.2 Å². The highest BCUT2D eigenvalue weighted by Gasteiger charge is 2.39. The first kappa shape index (κ1) is 33.6. The van der Waals surface area contributed by atoms with Crippen molar-refractivity contribution in [3.8, 4) is 0 Å². The number of aryl methyl sites for hydroxylation is 1. The van der Waals surface area contributed by atoms with E-state index in [-0.39, 0.29) is 41.8 Å². The molecular weight excluding hydrogens is 595 g/mol. The molecule has 0 N–H and O–H groups in total. The fourth-order valence-corrected chi connectivity index (χ4v) is 8.13. The van der Waals surface area contributed by atoms with Gasteiger partial charge in [0.25, 0.3) is 0 Å². The lowest BCUT2D eigenvalue weighted by atomic mass is 9.87. The summed E-state index contributed by atoms with van der Waals surface area (Å²) in [4.78, 5) is 23.5. The fourth-order valence-electron chi connectivity index (χ4n) is 6.77. The molecule has 1 saturated carbocycles. The number of halogens is 3. The van der Waals surface area contributed by atoms with Gasteiger partial charge in [0, 0.05) is 23.4 Å². The molecule has 0 unspecified atom stereocenters. The minimum Gasteiger partial charge on any atom is -0.461 e. The molecule has 0 bridgehead atoms. The molecule has 244 valence electrons. The van der Waals surface area contributed by atoms with Gasteiger partial charge in [0.15, 0.2) is 11.6 Å². The number of ether oxygens (including phenoxy) is 1. The molecular formula is C36H46F3N3O2S. The number of nitrogens with zero attached hydrogens (tertiary/aromatic N) is 3. The maximum Gasteiger partial charge on any atom is 0.320 e. The van der Waals surface area contributed by atoms with E-state index in [2.05, 4.69) is 32.6 Å². The Morgan fingerprint density at radius 3 is 2.49 bits per heavy atom. The van der Waals surface area contributed by atoms with Crippen LogP contribution < -0.4 is 0 Å². The zero-order chi connectivity index (χ0) is 32.3. The molecule has 1 aliphatic carbocycles. The molecule has 2 aliphatic rings.